The number of anilines is 1. The van der Waals surface area contributed by atoms with Gasteiger partial charge in [0.1, 0.15) is 11.2 Å². The zero-order chi connectivity index (χ0) is 13.3. The van der Waals surface area contributed by atoms with E-state index >= 15 is 0 Å². The van der Waals surface area contributed by atoms with Gasteiger partial charge in [-0.1, -0.05) is 0 Å². The molecule has 0 bridgehead atoms. The highest BCUT2D eigenvalue weighted by Crippen LogP contribution is 2.27. The number of aromatic nitrogens is 2. The fourth-order valence-corrected chi connectivity index (χ4v) is 4.83. The molecule has 5 nitrogen and oxygen atoms in total. The van der Waals surface area contributed by atoms with Crippen LogP contribution < -0.4 is 4.90 Å². The van der Waals surface area contributed by atoms with Crippen LogP contribution in [0.3, 0.4) is 0 Å². The van der Waals surface area contributed by atoms with Gasteiger partial charge >= 0.3 is 0 Å². The zero-order valence-corrected chi connectivity index (χ0v) is 12.5. The molecule has 18 heavy (non-hydrogen) atoms. The van der Waals surface area contributed by atoms with E-state index < -0.39 is 15.2 Å². The minimum atomic E-state index is -3.15. The van der Waals surface area contributed by atoms with Gasteiger partial charge in [0.2, 0.25) is 5.28 Å². The summed E-state index contributed by atoms with van der Waals surface area (Å²) in [6.07, 6.45) is 2.88. The molecule has 0 aromatic carbocycles. The summed E-state index contributed by atoms with van der Waals surface area (Å²) in [4.78, 5) is 9.88. The second kappa shape index (κ2) is 5.22. The molecule has 1 aromatic heterocycles. The molecule has 2 heterocycles. The SMILES string of the molecule is Cc1cnc(Cl)nc1N1CCSCC1S(C)(=O)=O. The number of thioether (sulfide) groups is 1. The molecule has 1 aromatic rings. The number of rotatable bonds is 2. The first kappa shape index (κ1) is 13.9. The first-order valence-electron chi connectivity index (χ1n) is 5.42. The number of hydrogen-bond donors (Lipinski definition) is 0. The highest BCUT2D eigenvalue weighted by molar-refractivity contribution is 8.01. The number of halogens is 1. The van der Waals surface area contributed by atoms with Crippen LogP contribution in [0, 0.1) is 6.92 Å². The standard InChI is InChI=1S/C10H14ClN3O2S2/c1-7-5-12-10(11)13-9(7)14-3-4-17-6-8(14)18(2,15)16/h5,8H,3-4,6H2,1-2H3. The Morgan fingerprint density at radius 1 is 1.56 bits per heavy atom. The Balaban J connectivity index is 2.43. The van der Waals surface area contributed by atoms with E-state index in [1.807, 2.05) is 11.8 Å². The van der Waals surface area contributed by atoms with Crippen LogP contribution in [0.1, 0.15) is 5.56 Å². The van der Waals surface area contributed by atoms with Crippen molar-refractivity contribution in [3.63, 3.8) is 0 Å². The average molecular weight is 308 g/mol. The Bertz CT molecular complexity index is 550. The highest BCUT2D eigenvalue weighted by Gasteiger charge is 2.32. The van der Waals surface area contributed by atoms with Crippen LogP contribution in [0.5, 0.6) is 0 Å². The summed E-state index contributed by atoms with van der Waals surface area (Å²) in [6.45, 7) is 2.50. The smallest absolute Gasteiger partial charge is 0.224 e. The Kier molecular flexibility index (Phi) is 4.03. The Morgan fingerprint density at radius 3 is 2.94 bits per heavy atom. The maximum Gasteiger partial charge on any atom is 0.224 e. The van der Waals surface area contributed by atoms with Crippen molar-refractivity contribution in [1.82, 2.24) is 9.97 Å². The van der Waals surface area contributed by atoms with Gasteiger partial charge in [0.15, 0.2) is 9.84 Å². The third-order valence-corrected chi connectivity index (χ3v) is 5.59. The van der Waals surface area contributed by atoms with E-state index in [1.54, 1.807) is 18.0 Å². The van der Waals surface area contributed by atoms with Crippen molar-refractivity contribution in [2.24, 2.45) is 0 Å². The van der Waals surface area contributed by atoms with E-state index in [-0.39, 0.29) is 5.28 Å². The molecule has 1 atom stereocenters. The van der Waals surface area contributed by atoms with E-state index in [0.29, 0.717) is 18.1 Å². The molecule has 0 amide bonds. The van der Waals surface area contributed by atoms with Crippen LogP contribution in [-0.4, -0.2) is 48.1 Å². The lowest BCUT2D eigenvalue weighted by Crippen LogP contribution is -2.47. The van der Waals surface area contributed by atoms with E-state index in [9.17, 15) is 8.42 Å². The van der Waals surface area contributed by atoms with Crippen molar-refractivity contribution in [3.8, 4) is 0 Å². The summed E-state index contributed by atoms with van der Waals surface area (Å²) in [7, 11) is -3.15. The molecular formula is C10H14ClN3O2S2. The zero-order valence-electron chi connectivity index (χ0n) is 10.1. The van der Waals surface area contributed by atoms with Crippen LogP contribution in [0.25, 0.3) is 0 Å². The molecular weight excluding hydrogens is 294 g/mol. The molecule has 0 aliphatic carbocycles. The summed E-state index contributed by atoms with van der Waals surface area (Å²) in [6, 6.07) is 0. The number of nitrogens with zero attached hydrogens (tertiary/aromatic N) is 3. The highest BCUT2D eigenvalue weighted by atomic mass is 35.5. The van der Waals surface area contributed by atoms with Gasteiger partial charge in [-0.25, -0.2) is 18.4 Å². The fraction of sp³-hybridized carbons (Fsp3) is 0.600. The molecule has 1 aliphatic rings. The Hall–Kier alpha value is -0.530. The first-order chi connectivity index (χ1) is 8.39. The normalized spacial score (nSPS) is 21.1. The van der Waals surface area contributed by atoms with Gasteiger partial charge in [0.25, 0.3) is 0 Å². The molecule has 2 rings (SSSR count). The maximum atomic E-state index is 11.8. The molecule has 0 saturated carbocycles. The van der Waals surface area contributed by atoms with E-state index in [1.165, 1.54) is 6.26 Å². The third-order valence-electron chi connectivity index (χ3n) is 2.77. The quantitative estimate of drug-likeness (QED) is 0.769. The second-order valence-corrected chi connectivity index (χ2v) is 7.89. The topological polar surface area (TPSA) is 63.2 Å². The van der Waals surface area contributed by atoms with Crippen molar-refractivity contribution in [2.75, 3.05) is 29.2 Å². The van der Waals surface area contributed by atoms with Crippen molar-refractivity contribution in [2.45, 2.75) is 12.3 Å². The minimum absolute atomic E-state index is 0.140. The van der Waals surface area contributed by atoms with Gasteiger partial charge in [0.05, 0.1) is 0 Å². The lowest BCUT2D eigenvalue weighted by molar-refractivity contribution is 0.583. The summed E-state index contributed by atoms with van der Waals surface area (Å²) in [5, 5.41) is -0.401. The average Bonchev–Trinajstić information content (AvgIpc) is 2.31. The number of hydrogen-bond acceptors (Lipinski definition) is 6. The predicted octanol–water partition coefficient (Wildman–Crippen LogP) is 1.36. The van der Waals surface area contributed by atoms with E-state index in [0.717, 1.165) is 11.3 Å². The first-order valence-corrected chi connectivity index (χ1v) is 8.90. The van der Waals surface area contributed by atoms with Gasteiger partial charge in [-0.3, -0.25) is 0 Å². The molecule has 0 spiro atoms. The molecule has 8 heteroatoms. The fourth-order valence-electron chi connectivity index (χ4n) is 1.88. The summed E-state index contributed by atoms with van der Waals surface area (Å²) >= 11 is 7.44. The minimum Gasteiger partial charge on any atom is -0.338 e. The monoisotopic (exact) mass is 307 g/mol. The lowest BCUT2D eigenvalue weighted by Gasteiger charge is -2.35. The van der Waals surface area contributed by atoms with Crippen molar-refractivity contribution in [3.05, 3.63) is 17.0 Å². The van der Waals surface area contributed by atoms with Crippen LogP contribution in [0.2, 0.25) is 5.28 Å². The van der Waals surface area contributed by atoms with Gasteiger partial charge in [-0.15, -0.1) is 0 Å². The van der Waals surface area contributed by atoms with Gasteiger partial charge < -0.3 is 4.90 Å². The largest absolute Gasteiger partial charge is 0.338 e. The van der Waals surface area contributed by atoms with Crippen LogP contribution >= 0.6 is 23.4 Å². The Labute approximate surface area is 116 Å². The summed E-state index contributed by atoms with van der Waals surface area (Å²) in [5.41, 5.74) is 0.833. The van der Waals surface area contributed by atoms with Gasteiger partial charge in [-0.05, 0) is 18.5 Å². The van der Waals surface area contributed by atoms with Crippen LogP contribution in [0.4, 0.5) is 5.82 Å². The Morgan fingerprint density at radius 2 is 2.28 bits per heavy atom. The predicted molar refractivity (Wildman–Crippen MR) is 75.1 cm³/mol. The molecule has 1 fully saturated rings. The summed E-state index contributed by atoms with van der Waals surface area (Å²) < 4.78 is 23.7. The van der Waals surface area contributed by atoms with E-state index in [4.69, 9.17) is 11.6 Å². The second-order valence-electron chi connectivity index (χ2n) is 4.20. The van der Waals surface area contributed by atoms with Crippen molar-refractivity contribution >= 4 is 39.0 Å². The van der Waals surface area contributed by atoms with Crippen molar-refractivity contribution < 1.29 is 8.42 Å². The van der Waals surface area contributed by atoms with E-state index in [2.05, 4.69) is 9.97 Å². The molecule has 0 N–H and O–H groups in total. The third kappa shape index (κ3) is 2.89. The van der Waals surface area contributed by atoms with Crippen LogP contribution in [0.15, 0.2) is 6.20 Å². The number of sulfone groups is 1. The van der Waals surface area contributed by atoms with Gasteiger partial charge in [0, 0.05) is 36.1 Å². The molecule has 0 radical (unpaired) electrons. The molecule has 1 aliphatic heterocycles. The van der Waals surface area contributed by atoms with Crippen molar-refractivity contribution in [1.29, 1.82) is 0 Å². The van der Waals surface area contributed by atoms with Crippen LogP contribution in [-0.2, 0) is 9.84 Å². The maximum absolute atomic E-state index is 11.8. The molecule has 1 saturated heterocycles. The molecule has 100 valence electrons. The summed E-state index contributed by atoms with van der Waals surface area (Å²) in [5.74, 6) is 2.05. The number of aryl methyl sites for hydroxylation is 1. The lowest BCUT2D eigenvalue weighted by atomic mass is 10.3. The van der Waals surface area contributed by atoms with Gasteiger partial charge in [-0.2, -0.15) is 11.8 Å². The molecule has 1 unspecified atom stereocenters.